The number of carbonyl (C=O) groups is 1. The Balaban J connectivity index is 2.08. The minimum atomic E-state index is -3.81. The molecule has 0 atom stereocenters. The van der Waals surface area contributed by atoms with Gasteiger partial charge in [-0.3, -0.25) is 0 Å². The van der Waals surface area contributed by atoms with E-state index in [0.717, 1.165) is 0 Å². The molecule has 1 aliphatic rings. The molecule has 0 unspecified atom stereocenters. The van der Waals surface area contributed by atoms with Crippen molar-refractivity contribution in [2.24, 2.45) is 4.99 Å². The van der Waals surface area contributed by atoms with Crippen molar-refractivity contribution in [2.75, 3.05) is 13.7 Å². The van der Waals surface area contributed by atoms with E-state index in [1.54, 1.807) is 24.3 Å². The maximum Gasteiger partial charge on any atom is 0.355 e. The first-order valence-corrected chi connectivity index (χ1v) is 7.01. The van der Waals surface area contributed by atoms with Crippen LogP contribution in [-0.2, 0) is 14.6 Å². The molecule has 0 saturated carbocycles. The highest BCUT2D eigenvalue weighted by molar-refractivity contribution is 8.09. The summed E-state index contributed by atoms with van der Waals surface area (Å²) < 4.78 is 33.5. The van der Waals surface area contributed by atoms with Crippen LogP contribution in [0.1, 0.15) is 0 Å². The Morgan fingerprint density at radius 1 is 1.25 bits per heavy atom. The molecule has 1 aromatic rings. The van der Waals surface area contributed by atoms with E-state index in [2.05, 4.69) is 4.99 Å². The molecule has 2 rings (SSSR count). The summed E-state index contributed by atoms with van der Waals surface area (Å²) >= 11 is 0. The van der Waals surface area contributed by atoms with Crippen molar-refractivity contribution in [3.05, 3.63) is 35.4 Å². The van der Waals surface area contributed by atoms with Crippen LogP contribution in [0.25, 0.3) is 0 Å². The van der Waals surface area contributed by atoms with Gasteiger partial charge >= 0.3 is 5.97 Å². The molecule has 1 aromatic carbocycles. The summed E-state index contributed by atoms with van der Waals surface area (Å²) in [5, 5.41) is 9.00. The Kier molecular flexibility index (Phi) is 3.75. The zero-order valence-electron chi connectivity index (χ0n) is 10.4. The Labute approximate surface area is 115 Å². The lowest BCUT2D eigenvalue weighted by molar-refractivity contribution is -0.132. The van der Waals surface area contributed by atoms with Crippen molar-refractivity contribution in [3.63, 3.8) is 0 Å². The molecule has 1 heterocycles. The normalized spacial score (nSPS) is 16.2. The summed E-state index contributed by atoms with van der Waals surface area (Å²) in [5.74, 6) is -0.335. The summed E-state index contributed by atoms with van der Waals surface area (Å²) in [4.78, 5) is 14.2. The predicted octanol–water partition coefficient (Wildman–Crippen LogP) is 0.827. The van der Waals surface area contributed by atoms with Gasteiger partial charge in [0.25, 0.3) is 0 Å². The topological polar surface area (TPSA) is 102 Å². The van der Waals surface area contributed by atoms with E-state index in [1.807, 2.05) is 0 Å². The Morgan fingerprint density at radius 3 is 2.35 bits per heavy atom. The summed E-state index contributed by atoms with van der Waals surface area (Å²) in [6.45, 7) is -0.331. The standard InChI is InChI=1S/C12H11NO6S/c1-18-8-2-4-9(5-3-8)19-6-11-13-10(12(14)15)7-20(11,16)17/h2-5,7H,6H2,1H3,(H,14,15). The number of sulfone groups is 1. The monoisotopic (exact) mass is 297 g/mol. The number of hydrogen-bond donors (Lipinski definition) is 1. The molecule has 7 nitrogen and oxygen atoms in total. The van der Waals surface area contributed by atoms with Crippen LogP contribution in [0.2, 0.25) is 0 Å². The van der Waals surface area contributed by atoms with Crippen LogP contribution in [0.15, 0.2) is 40.4 Å². The maximum atomic E-state index is 11.6. The molecule has 0 bridgehead atoms. The van der Waals surface area contributed by atoms with E-state index >= 15 is 0 Å². The zero-order valence-corrected chi connectivity index (χ0v) is 11.3. The maximum absolute atomic E-state index is 11.6. The second-order valence-electron chi connectivity index (χ2n) is 3.82. The molecule has 1 aliphatic heterocycles. The molecule has 20 heavy (non-hydrogen) atoms. The molecule has 0 spiro atoms. The average Bonchev–Trinajstić information content (AvgIpc) is 2.72. The first-order chi connectivity index (χ1) is 9.42. The third-order valence-corrected chi connectivity index (χ3v) is 3.88. The van der Waals surface area contributed by atoms with Gasteiger partial charge in [-0.25, -0.2) is 18.2 Å². The quantitative estimate of drug-likeness (QED) is 0.863. The predicted molar refractivity (Wildman–Crippen MR) is 70.6 cm³/mol. The van der Waals surface area contributed by atoms with E-state index < -0.39 is 21.5 Å². The number of ether oxygens (including phenoxy) is 2. The van der Waals surface area contributed by atoms with Crippen LogP contribution in [0.3, 0.4) is 0 Å². The number of rotatable bonds is 5. The largest absolute Gasteiger partial charge is 0.497 e. The Hall–Kier alpha value is -2.35. The van der Waals surface area contributed by atoms with Crippen molar-refractivity contribution in [2.45, 2.75) is 0 Å². The number of aliphatic carboxylic acids is 1. The molecular weight excluding hydrogens is 286 g/mol. The number of hydrogen-bond acceptors (Lipinski definition) is 6. The van der Waals surface area contributed by atoms with E-state index in [9.17, 15) is 13.2 Å². The number of carboxylic acid groups (broad SMARTS) is 1. The van der Waals surface area contributed by atoms with Gasteiger partial charge in [-0.1, -0.05) is 0 Å². The fourth-order valence-electron chi connectivity index (χ4n) is 1.47. The van der Waals surface area contributed by atoms with Crippen LogP contribution in [0.4, 0.5) is 0 Å². The van der Waals surface area contributed by atoms with Gasteiger partial charge < -0.3 is 14.6 Å². The highest BCUT2D eigenvalue weighted by atomic mass is 32.2. The average molecular weight is 297 g/mol. The lowest BCUT2D eigenvalue weighted by atomic mass is 10.3. The second kappa shape index (κ2) is 5.33. The zero-order chi connectivity index (χ0) is 14.8. The van der Waals surface area contributed by atoms with Crippen LogP contribution in [0, 0.1) is 0 Å². The first-order valence-electron chi connectivity index (χ1n) is 5.47. The van der Waals surface area contributed by atoms with Crippen molar-refractivity contribution in [1.82, 2.24) is 0 Å². The minimum Gasteiger partial charge on any atom is -0.497 e. The van der Waals surface area contributed by atoms with Gasteiger partial charge in [0.1, 0.15) is 18.1 Å². The molecular formula is C12H11NO6S. The van der Waals surface area contributed by atoms with Gasteiger partial charge in [-0.2, -0.15) is 0 Å². The van der Waals surface area contributed by atoms with Gasteiger partial charge in [-0.15, -0.1) is 0 Å². The third-order valence-electron chi connectivity index (χ3n) is 2.48. The summed E-state index contributed by atoms with van der Waals surface area (Å²) in [6.07, 6.45) is 0. The molecule has 0 radical (unpaired) electrons. The number of benzene rings is 1. The van der Waals surface area contributed by atoms with Crippen LogP contribution in [0.5, 0.6) is 11.5 Å². The van der Waals surface area contributed by atoms with Crippen molar-refractivity contribution in [1.29, 1.82) is 0 Å². The number of carboxylic acids is 1. The van der Waals surface area contributed by atoms with Crippen molar-refractivity contribution >= 4 is 20.9 Å². The van der Waals surface area contributed by atoms with Gasteiger partial charge in [0.15, 0.2) is 10.7 Å². The summed E-state index contributed by atoms with van der Waals surface area (Å²) in [7, 11) is -2.28. The molecule has 0 fully saturated rings. The van der Waals surface area contributed by atoms with E-state index in [4.69, 9.17) is 14.6 Å². The molecule has 0 aliphatic carbocycles. The van der Waals surface area contributed by atoms with Crippen molar-refractivity contribution in [3.8, 4) is 11.5 Å². The summed E-state index contributed by atoms with van der Waals surface area (Å²) in [6, 6.07) is 6.52. The SMILES string of the molecule is COc1ccc(OCC2=NC(C(=O)O)=CS2(=O)=O)cc1. The van der Waals surface area contributed by atoms with Crippen molar-refractivity contribution < 1.29 is 27.8 Å². The molecule has 106 valence electrons. The second-order valence-corrected chi connectivity index (χ2v) is 5.62. The molecule has 8 heteroatoms. The van der Waals surface area contributed by atoms with Gasteiger partial charge in [0, 0.05) is 0 Å². The molecule has 1 N–H and O–H groups in total. The van der Waals surface area contributed by atoms with Gasteiger partial charge in [0.05, 0.1) is 12.5 Å². The number of aliphatic imine (C=N–C) groups is 1. The third kappa shape index (κ3) is 2.97. The fourth-order valence-corrected chi connectivity index (χ4v) is 2.50. The van der Waals surface area contributed by atoms with Crippen LogP contribution < -0.4 is 9.47 Å². The number of nitrogens with zero attached hydrogens (tertiary/aromatic N) is 1. The molecule has 0 aromatic heterocycles. The van der Waals surface area contributed by atoms with Gasteiger partial charge in [0.2, 0.25) is 9.84 Å². The van der Waals surface area contributed by atoms with Gasteiger partial charge in [-0.05, 0) is 24.3 Å². The molecule has 0 amide bonds. The summed E-state index contributed by atoms with van der Waals surface area (Å²) in [5.41, 5.74) is -0.515. The highest BCUT2D eigenvalue weighted by Crippen LogP contribution is 2.19. The first kappa shape index (κ1) is 14.1. The lowest BCUT2D eigenvalue weighted by Gasteiger charge is -2.06. The smallest absolute Gasteiger partial charge is 0.355 e. The van der Waals surface area contributed by atoms with E-state index in [-0.39, 0.29) is 11.7 Å². The lowest BCUT2D eigenvalue weighted by Crippen LogP contribution is -2.17. The van der Waals surface area contributed by atoms with Crippen LogP contribution >= 0.6 is 0 Å². The Bertz CT molecular complexity index is 687. The van der Waals surface area contributed by atoms with Crippen LogP contribution in [-0.4, -0.2) is 38.3 Å². The van der Waals surface area contributed by atoms with E-state index in [1.165, 1.54) is 7.11 Å². The fraction of sp³-hybridized carbons (Fsp3) is 0.167. The minimum absolute atomic E-state index is 0.328. The highest BCUT2D eigenvalue weighted by Gasteiger charge is 2.28. The van der Waals surface area contributed by atoms with E-state index in [0.29, 0.717) is 16.9 Å². The number of methoxy groups -OCH3 is 1. The molecule has 0 saturated heterocycles. The Morgan fingerprint density at radius 2 is 1.85 bits per heavy atom.